The summed E-state index contributed by atoms with van der Waals surface area (Å²) in [5.41, 5.74) is -0.958. The number of amides is 1. The van der Waals surface area contributed by atoms with Crippen LogP contribution in [0, 0.1) is 6.92 Å². The molecule has 0 aliphatic rings. The molecule has 1 aromatic rings. The van der Waals surface area contributed by atoms with Crippen LogP contribution in [0.4, 0.5) is 0 Å². The lowest BCUT2D eigenvalue weighted by atomic mass is 10.1. The first-order chi connectivity index (χ1) is 7.80. The Morgan fingerprint density at radius 2 is 2.18 bits per heavy atom. The van der Waals surface area contributed by atoms with E-state index in [1.807, 2.05) is 19.0 Å². The third kappa shape index (κ3) is 4.58. The van der Waals surface area contributed by atoms with Gasteiger partial charge >= 0.3 is 0 Å². The van der Waals surface area contributed by atoms with E-state index in [9.17, 15) is 9.90 Å². The molecule has 1 amide bonds. The highest BCUT2D eigenvalue weighted by Crippen LogP contribution is 2.07. The summed E-state index contributed by atoms with van der Waals surface area (Å²) in [6, 6.07) is 3.35. The van der Waals surface area contributed by atoms with Gasteiger partial charge in [0.2, 0.25) is 0 Å². The summed E-state index contributed by atoms with van der Waals surface area (Å²) in [4.78, 5) is 13.5. The molecule has 1 aromatic heterocycles. The predicted molar refractivity (Wildman–Crippen MR) is 65.0 cm³/mol. The van der Waals surface area contributed by atoms with Gasteiger partial charge in [-0.3, -0.25) is 4.79 Å². The SMILES string of the molecule is Cc1ccc(C(=O)NCC(C)(O)CN(C)C)o1. The van der Waals surface area contributed by atoms with E-state index in [2.05, 4.69) is 5.32 Å². The van der Waals surface area contributed by atoms with Crippen molar-refractivity contribution in [2.24, 2.45) is 0 Å². The van der Waals surface area contributed by atoms with E-state index in [1.165, 1.54) is 0 Å². The molecular formula is C12H20N2O3. The Balaban J connectivity index is 2.48. The maximum Gasteiger partial charge on any atom is 0.287 e. The first-order valence-corrected chi connectivity index (χ1v) is 5.52. The van der Waals surface area contributed by atoms with Crippen molar-refractivity contribution < 1.29 is 14.3 Å². The second kappa shape index (κ2) is 5.33. The first-order valence-electron chi connectivity index (χ1n) is 5.52. The normalized spacial score (nSPS) is 14.7. The van der Waals surface area contributed by atoms with Gasteiger partial charge in [0.25, 0.3) is 5.91 Å². The van der Waals surface area contributed by atoms with E-state index < -0.39 is 5.60 Å². The molecule has 0 saturated heterocycles. The van der Waals surface area contributed by atoms with E-state index in [4.69, 9.17) is 4.42 Å². The van der Waals surface area contributed by atoms with Crippen molar-refractivity contribution in [2.45, 2.75) is 19.4 Å². The molecule has 1 rings (SSSR count). The van der Waals surface area contributed by atoms with E-state index in [0.29, 0.717) is 12.3 Å². The Labute approximate surface area is 101 Å². The van der Waals surface area contributed by atoms with E-state index in [-0.39, 0.29) is 18.2 Å². The number of aryl methyl sites for hydroxylation is 1. The van der Waals surface area contributed by atoms with Gasteiger partial charge in [0, 0.05) is 13.1 Å². The molecule has 17 heavy (non-hydrogen) atoms. The lowest BCUT2D eigenvalue weighted by Crippen LogP contribution is -2.47. The van der Waals surface area contributed by atoms with E-state index in [0.717, 1.165) is 0 Å². The van der Waals surface area contributed by atoms with Crippen LogP contribution in [0.2, 0.25) is 0 Å². The van der Waals surface area contributed by atoms with Crippen molar-refractivity contribution in [3.05, 3.63) is 23.7 Å². The summed E-state index contributed by atoms with van der Waals surface area (Å²) >= 11 is 0. The van der Waals surface area contributed by atoms with E-state index >= 15 is 0 Å². The fourth-order valence-electron chi connectivity index (χ4n) is 1.65. The van der Waals surface area contributed by atoms with Gasteiger partial charge in [-0.15, -0.1) is 0 Å². The van der Waals surface area contributed by atoms with Gasteiger partial charge in [0.15, 0.2) is 5.76 Å². The van der Waals surface area contributed by atoms with Crippen molar-refractivity contribution in [1.29, 1.82) is 0 Å². The van der Waals surface area contributed by atoms with Gasteiger partial charge in [-0.25, -0.2) is 0 Å². The maximum absolute atomic E-state index is 11.7. The molecule has 1 unspecified atom stereocenters. The quantitative estimate of drug-likeness (QED) is 0.792. The van der Waals surface area contributed by atoms with Crippen LogP contribution in [0.15, 0.2) is 16.5 Å². The Morgan fingerprint density at radius 3 is 2.65 bits per heavy atom. The van der Waals surface area contributed by atoms with Crippen LogP contribution in [0.1, 0.15) is 23.2 Å². The molecule has 0 aliphatic carbocycles. The average molecular weight is 240 g/mol. The fraction of sp³-hybridized carbons (Fsp3) is 0.583. The number of furan rings is 1. The summed E-state index contributed by atoms with van der Waals surface area (Å²) in [5.74, 6) is 0.649. The largest absolute Gasteiger partial charge is 0.456 e. The highest BCUT2D eigenvalue weighted by molar-refractivity contribution is 5.91. The van der Waals surface area contributed by atoms with Crippen molar-refractivity contribution >= 4 is 5.91 Å². The highest BCUT2D eigenvalue weighted by Gasteiger charge is 2.23. The predicted octanol–water partition coefficient (Wildman–Crippen LogP) is 0.630. The smallest absolute Gasteiger partial charge is 0.287 e. The molecule has 0 radical (unpaired) electrons. The number of rotatable bonds is 5. The third-order valence-corrected chi connectivity index (χ3v) is 2.25. The highest BCUT2D eigenvalue weighted by atomic mass is 16.3. The minimum absolute atomic E-state index is 0.184. The summed E-state index contributed by atoms with van der Waals surface area (Å²) in [7, 11) is 3.73. The molecule has 5 nitrogen and oxygen atoms in total. The van der Waals surface area contributed by atoms with Crippen molar-refractivity contribution in [2.75, 3.05) is 27.2 Å². The van der Waals surface area contributed by atoms with Crippen LogP contribution in [0.5, 0.6) is 0 Å². The number of hydrogen-bond acceptors (Lipinski definition) is 4. The lowest BCUT2D eigenvalue weighted by molar-refractivity contribution is 0.0322. The van der Waals surface area contributed by atoms with Gasteiger partial charge in [-0.2, -0.15) is 0 Å². The first kappa shape index (κ1) is 13.7. The van der Waals surface area contributed by atoms with Crippen LogP contribution in [0.3, 0.4) is 0 Å². The fourth-order valence-corrected chi connectivity index (χ4v) is 1.65. The zero-order chi connectivity index (χ0) is 13.1. The number of carbonyl (C=O) groups is 1. The molecule has 0 aliphatic heterocycles. The van der Waals surface area contributed by atoms with Crippen LogP contribution >= 0.6 is 0 Å². The molecule has 1 heterocycles. The van der Waals surface area contributed by atoms with Crippen molar-refractivity contribution in [3.63, 3.8) is 0 Å². The molecule has 96 valence electrons. The standard InChI is InChI=1S/C12H20N2O3/c1-9-5-6-10(17-9)11(15)13-7-12(2,16)8-14(3)4/h5-6,16H,7-8H2,1-4H3,(H,13,15). The number of carbonyl (C=O) groups excluding carboxylic acids is 1. The summed E-state index contributed by atoms with van der Waals surface area (Å²) in [5, 5.41) is 12.6. The molecule has 0 saturated carbocycles. The summed E-state index contributed by atoms with van der Waals surface area (Å²) < 4.78 is 5.19. The second-order valence-corrected chi connectivity index (χ2v) is 4.83. The summed E-state index contributed by atoms with van der Waals surface area (Å²) in [6.45, 7) is 4.12. The van der Waals surface area contributed by atoms with Crippen molar-refractivity contribution in [3.8, 4) is 0 Å². The molecule has 0 aromatic carbocycles. The van der Waals surface area contributed by atoms with Crippen LogP contribution < -0.4 is 5.32 Å². The monoisotopic (exact) mass is 240 g/mol. The molecule has 1 atom stereocenters. The minimum Gasteiger partial charge on any atom is -0.456 e. The van der Waals surface area contributed by atoms with Crippen LogP contribution in [0.25, 0.3) is 0 Å². The number of nitrogens with one attached hydrogen (secondary N) is 1. The average Bonchev–Trinajstić information content (AvgIpc) is 2.59. The molecule has 0 bridgehead atoms. The van der Waals surface area contributed by atoms with Crippen LogP contribution in [-0.2, 0) is 0 Å². The molecule has 0 spiro atoms. The molecule has 0 fully saturated rings. The Bertz CT molecular complexity index is 383. The zero-order valence-electron chi connectivity index (χ0n) is 10.8. The van der Waals surface area contributed by atoms with Gasteiger partial charge in [-0.05, 0) is 40.1 Å². The lowest BCUT2D eigenvalue weighted by Gasteiger charge is -2.26. The number of hydrogen-bond donors (Lipinski definition) is 2. The minimum atomic E-state index is -0.958. The third-order valence-electron chi connectivity index (χ3n) is 2.25. The molecule has 2 N–H and O–H groups in total. The number of nitrogens with zero attached hydrogens (tertiary/aromatic N) is 1. The maximum atomic E-state index is 11.7. The topological polar surface area (TPSA) is 65.7 Å². The number of aliphatic hydroxyl groups is 1. The van der Waals surface area contributed by atoms with Crippen LogP contribution in [-0.4, -0.2) is 48.7 Å². The second-order valence-electron chi connectivity index (χ2n) is 4.83. The Hall–Kier alpha value is -1.33. The van der Waals surface area contributed by atoms with Crippen molar-refractivity contribution in [1.82, 2.24) is 10.2 Å². The van der Waals surface area contributed by atoms with E-state index in [1.54, 1.807) is 26.0 Å². The van der Waals surface area contributed by atoms with Gasteiger partial charge in [0.05, 0.1) is 5.60 Å². The molecule has 5 heteroatoms. The zero-order valence-corrected chi connectivity index (χ0v) is 10.8. The Morgan fingerprint density at radius 1 is 1.53 bits per heavy atom. The van der Waals surface area contributed by atoms with Gasteiger partial charge in [-0.1, -0.05) is 0 Å². The van der Waals surface area contributed by atoms with Gasteiger partial charge < -0.3 is 19.7 Å². The van der Waals surface area contributed by atoms with Gasteiger partial charge in [0.1, 0.15) is 5.76 Å². The summed E-state index contributed by atoms with van der Waals surface area (Å²) in [6.07, 6.45) is 0. The molecular weight excluding hydrogens is 220 g/mol. The Kier molecular flexibility index (Phi) is 4.31. The number of likely N-dealkylation sites (N-methyl/N-ethyl adjacent to an activating group) is 1.